The monoisotopic (exact) mass is 327 g/mol. The molecule has 1 unspecified atom stereocenters. The van der Waals surface area contributed by atoms with Gasteiger partial charge in [0.1, 0.15) is 6.04 Å². The van der Waals surface area contributed by atoms with Crippen molar-refractivity contribution in [1.82, 2.24) is 0 Å². The number of halogens is 1. The minimum absolute atomic E-state index is 0. The van der Waals surface area contributed by atoms with E-state index in [4.69, 9.17) is 10.5 Å². The number of carbonyl (C=O) groups excluding carboxylic acids is 1. The van der Waals surface area contributed by atoms with Gasteiger partial charge in [-0.05, 0) is 24.8 Å². The van der Waals surface area contributed by atoms with Gasteiger partial charge in [-0.3, -0.25) is 4.79 Å². The second-order valence-electron chi connectivity index (χ2n) is 5.57. The van der Waals surface area contributed by atoms with E-state index in [-0.39, 0.29) is 18.4 Å². The predicted molar refractivity (Wildman–Crippen MR) is 94.3 cm³/mol. The second kappa shape index (κ2) is 13.6. The first-order valence-electron chi connectivity index (χ1n) is 8.20. The van der Waals surface area contributed by atoms with Gasteiger partial charge in [0.05, 0.1) is 6.61 Å². The Bertz CT molecular complexity index is 384. The van der Waals surface area contributed by atoms with Crippen LogP contribution in [0.2, 0.25) is 0 Å². The zero-order chi connectivity index (χ0) is 15.3. The molecule has 22 heavy (non-hydrogen) atoms. The Morgan fingerprint density at radius 3 is 2.41 bits per heavy atom. The third-order valence-corrected chi connectivity index (χ3v) is 3.63. The van der Waals surface area contributed by atoms with E-state index < -0.39 is 6.04 Å². The van der Waals surface area contributed by atoms with Crippen molar-refractivity contribution in [1.29, 1.82) is 0 Å². The van der Waals surface area contributed by atoms with Crippen molar-refractivity contribution in [3.05, 3.63) is 35.9 Å². The Morgan fingerprint density at radius 1 is 1.09 bits per heavy atom. The molecule has 3 nitrogen and oxygen atoms in total. The van der Waals surface area contributed by atoms with E-state index >= 15 is 0 Å². The molecule has 0 amide bonds. The molecule has 0 radical (unpaired) electrons. The van der Waals surface area contributed by atoms with Crippen LogP contribution in [0.3, 0.4) is 0 Å². The zero-order valence-electron chi connectivity index (χ0n) is 13.6. The summed E-state index contributed by atoms with van der Waals surface area (Å²) in [6.07, 6.45) is 8.59. The average molecular weight is 328 g/mol. The van der Waals surface area contributed by atoms with E-state index in [1.54, 1.807) is 0 Å². The summed E-state index contributed by atoms with van der Waals surface area (Å²) in [7, 11) is 0. The standard InChI is InChI=1S/C18H29NO2.ClH/c1-2-3-4-5-6-10-15-21-18(20)17(19)14-13-16-11-8-7-9-12-16;/h7-9,11-12,17H,2-6,10,13-15,19H2,1H3;1H. The van der Waals surface area contributed by atoms with Crippen LogP contribution < -0.4 is 5.73 Å². The van der Waals surface area contributed by atoms with Crippen molar-refractivity contribution in [3.63, 3.8) is 0 Å². The first-order chi connectivity index (χ1) is 10.2. The summed E-state index contributed by atoms with van der Waals surface area (Å²) in [5, 5.41) is 0. The number of aryl methyl sites for hydroxylation is 1. The van der Waals surface area contributed by atoms with Crippen LogP contribution in [-0.4, -0.2) is 18.6 Å². The quantitative estimate of drug-likeness (QED) is 0.487. The highest BCUT2D eigenvalue weighted by Crippen LogP contribution is 2.07. The molecule has 1 aromatic rings. The molecular weight excluding hydrogens is 298 g/mol. The molecule has 1 aromatic carbocycles. The summed E-state index contributed by atoms with van der Waals surface area (Å²) in [6.45, 7) is 2.71. The van der Waals surface area contributed by atoms with Gasteiger partial charge >= 0.3 is 5.97 Å². The van der Waals surface area contributed by atoms with Crippen LogP contribution >= 0.6 is 12.4 Å². The Morgan fingerprint density at radius 2 is 1.73 bits per heavy atom. The number of esters is 1. The third kappa shape index (κ3) is 9.80. The van der Waals surface area contributed by atoms with E-state index in [0.717, 1.165) is 19.3 Å². The predicted octanol–water partition coefficient (Wildman–Crippen LogP) is 4.27. The summed E-state index contributed by atoms with van der Waals surface area (Å²) in [6, 6.07) is 9.57. The van der Waals surface area contributed by atoms with Crippen LogP contribution in [0.15, 0.2) is 30.3 Å². The fraction of sp³-hybridized carbons (Fsp3) is 0.611. The maximum absolute atomic E-state index is 11.8. The van der Waals surface area contributed by atoms with Gasteiger partial charge in [0.15, 0.2) is 0 Å². The number of ether oxygens (including phenoxy) is 1. The SMILES string of the molecule is CCCCCCCCOC(=O)C(N)CCc1ccccc1.Cl. The molecule has 126 valence electrons. The highest BCUT2D eigenvalue weighted by molar-refractivity contribution is 5.85. The molecule has 0 heterocycles. The molecule has 0 aliphatic rings. The van der Waals surface area contributed by atoms with Crippen molar-refractivity contribution in [2.75, 3.05) is 6.61 Å². The van der Waals surface area contributed by atoms with Crippen LogP contribution in [-0.2, 0) is 16.0 Å². The van der Waals surface area contributed by atoms with Gasteiger partial charge in [0.25, 0.3) is 0 Å². The van der Waals surface area contributed by atoms with Crippen molar-refractivity contribution >= 4 is 18.4 Å². The lowest BCUT2D eigenvalue weighted by Gasteiger charge is -2.11. The van der Waals surface area contributed by atoms with Crippen LogP contribution in [0.5, 0.6) is 0 Å². The van der Waals surface area contributed by atoms with E-state index in [9.17, 15) is 4.79 Å². The van der Waals surface area contributed by atoms with Gasteiger partial charge in [-0.15, -0.1) is 12.4 Å². The van der Waals surface area contributed by atoms with Crippen LogP contribution in [0.4, 0.5) is 0 Å². The van der Waals surface area contributed by atoms with E-state index in [0.29, 0.717) is 13.0 Å². The molecule has 0 saturated heterocycles. The van der Waals surface area contributed by atoms with Crippen molar-refractivity contribution in [3.8, 4) is 0 Å². The number of hydrogen-bond acceptors (Lipinski definition) is 3. The summed E-state index contributed by atoms with van der Waals surface area (Å²) < 4.78 is 5.23. The van der Waals surface area contributed by atoms with Crippen LogP contribution in [0.25, 0.3) is 0 Å². The van der Waals surface area contributed by atoms with E-state index in [1.807, 2.05) is 30.3 Å². The molecular formula is C18H30ClNO2. The van der Waals surface area contributed by atoms with Gasteiger partial charge in [-0.2, -0.15) is 0 Å². The molecule has 1 atom stereocenters. The topological polar surface area (TPSA) is 52.3 Å². The van der Waals surface area contributed by atoms with Crippen molar-refractivity contribution < 1.29 is 9.53 Å². The number of rotatable bonds is 11. The second-order valence-corrected chi connectivity index (χ2v) is 5.57. The molecule has 0 fully saturated rings. The molecule has 0 bridgehead atoms. The Balaban J connectivity index is 0.00000441. The number of hydrogen-bond donors (Lipinski definition) is 1. The van der Waals surface area contributed by atoms with Crippen LogP contribution in [0, 0.1) is 0 Å². The molecule has 0 aliphatic carbocycles. The lowest BCUT2D eigenvalue weighted by Crippen LogP contribution is -2.33. The van der Waals surface area contributed by atoms with E-state index in [1.165, 1.54) is 31.2 Å². The smallest absolute Gasteiger partial charge is 0.322 e. The third-order valence-electron chi connectivity index (χ3n) is 3.63. The number of benzene rings is 1. The maximum Gasteiger partial charge on any atom is 0.322 e. The van der Waals surface area contributed by atoms with Gasteiger partial charge in [0.2, 0.25) is 0 Å². The Labute approximate surface area is 141 Å². The molecule has 1 rings (SSSR count). The Hall–Kier alpha value is -1.06. The number of carbonyl (C=O) groups is 1. The summed E-state index contributed by atoms with van der Waals surface area (Å²) in [4.78, 5) is 11.8. The first kappa shape index (κ1) is 20.9. The lowest BCUT2D eigenvalue weighted by molar-refractivity contribution is -0.145. The highest BCUT2D eigenvalue weighted by Gasteiger charge is 2.14. The highest BCUT2D eigenvalue weighted by atomic mass is 35.5. The molecule has 0 aliphatic heterocycles. The average Bonchev–Trinajstić information content (AvgIpc) is 2.52. The summed E-state index contributed by atoms with van der Waals surface area (Å²) in [5.41, 5.74) is 7.08. The lowest BCUT2D eigenvalue weighted by atomic mass is 10.1. The molecule has 4 heteroatoms. The van der Waals surface area contributed by atoms with Gasteiger partial charge < -0.3 is 10.5 Å². The summed E-state index contributed by atoms with van der Waals surface area (Å²) in [5.74, 6) is -0.264. The molecule has 0 aromatic heterocycles. The fourth-order valence-electron chi connectivity index (χ4n) is 2.25. The zero-order valence-corrected chi connectivity index (χ0v) is 14.4. The van der Waals surface area contributed by atoms with Crippen LogP contribution in [0.1, 0.15) is 57.4 Å². The van der Waals surface area contributed by atoms with E-state index in [2.05, 4.69) is 6.92 Å². The Kier molecular flexibility index (Phi) is 12.9. The minimum atomic E-state index is -0.509. The molecule has 0 saturated carbocycles. The summed E-state index contributed by atoms with van der Waals surface area (Å²) >= 11 is 0. The van der Waals surface area contributed by atoms with Gasteiger partial charge in [-0.25, -0.2) is 0 Å². The fourth-order valence-corrected chi connectivity index (χ4v) is 2.25. The maximum atomic E-state index is 11.8. The van der Waals surface area contributed by atoms with Gasteiger partial charge in [-0.1, -0.05) is 69.4 Å². The first-order valence-corrected chi connectivity index (χ1v) is 8.20. The van der Waals surface area contributed by atoms with Crippen molar-refractivity contribution in [2.24, 2.45) is 5.73 Å². The molecule has 0 spiro atoms. The minimum Gasteiger partial charge on any atom is -0.465 e. The van der Waals surface area contributed by atoms with Gasteiger partial charge in [0, 0.05) is 0 Å². The normalized spacial score (nSPS) is 11.5. The molecule has 2 N–H and O–H groups in total. The number of unbranched alkanes of at least 4 members (excludes halogenated alkanes) is 5. The largest absolute Gasteiger partial charge is 0.465 e. The van der Waals surface area contributed by atoms with Crippen molar-refractivity contribution in [2.45, 2.75) is 64.3 Å². The number of nitrogens with two attached hydrogens (primary N) is 1.